The molecule has 2 aromatic rings. The standard InChI is InChI=1S/C15H14ClNO3/c1-2-9-7-11(4-6-13(9)16)20-14-8-10(17)3-5-12(14)15(18)19/h3-8H,2,17H2,1H3,(H,18,19). The minimum atomic E-state index is -1.07. The largest absolute Gasteiger partial charge is 0.478 e. The Labute approximate surface area is 121 Å². The first-order chi connectivity index (χ1) is 9.51. The Hall–Kier alpha value is -2.20. The summed E-state index contributed by atoms with van der Waals surface area (Å²) in [6.45, 7) is 1.98. The Morgan fingerprint density at radius 1 is 1.30 bits per heavy atom. The van der Waals surface area contributed by atoms with Crippen molar-refractivity contribution >= 4 is 23.3 Å². The molecule has 0 radical (unpaired) electrons. The van der Waals surface area contributed by atoms with Crippen LogP contribution in [0.1, 0.15) is 22.8 Å². The number of halogens is 1. The third-order valence-electron chi connectivity index (χ3n) is 2.86. The maximum absolute atomic E-state index is 11.2. The summed E-state index contributed by atoms with van der Waals surface area (Å²) in [6.07, 6.45) is 0.763. The second-order valence-corrected chi connectivity index (χ2v) is 4.68. The molecule has 0 saturated heterocycles. The number of anilines is 1. The molecule has 4 nitrogen and oxygen atoms in total. The van der Waals surface area contributed by atoms with Gasteiger partial charge in [-0.15, -0.1) is 0 Å². The monoisotopic (exact) mass is 291 g/mol. The van der Waals surface area contributed by atoms with E-state index in [4.69, 9.17) is 27.2 Å². The van der Waals surface area contributed by atoms with Crippen molar-refractivity contribution in [3.05, 3.63) is 52.5 Å². The molecule has 0 saturated carbocycles. The van der Waals surface area contributed by atoms with Gasteiger partial charge in [0.25, 0.3) is 0 Å². The molecule has 5 heteroatoms. The van der Waals surface area contributed by atoms with Gasteiger partial charge in [-0.1, -0.05) is 18.5 Å². The fraction of sp³-hybridized carbons (Fsp3) is 0.133. The third-order valence-corrected chi connectivity index (χ3v) is 3.23. The van der Waals surface area contributed by atoms with Crippen LogP contribution >= 0.6 is 11.6 Å². The Bertz CT molecular complexity index is 656. The van der Waals surface area contributed by atoms with Crippen LogP contribution in [0.15, 0.2) is 36.4 Å². The zero-order valence-electron chi connectivity index (χ0n) is 10.9. The lowest BCUT2D eigenvalue weighted by Gasteiger charge is -2.11. The van der Waals surface area contributed by atoms with E-state index in [1.54, 1.807) is 18.2 Å². The number of aromatic carboxylic acids is 1. The van der Waals surface area contributed by atoms with E-state index in [0.717, 1.165) is 12.0 Å². The first kappa shape index (κ1) is 14.2. The number of carboxylic acid groups (broad SMARTS) is 1. The van der Waals surface area contributed by atoms with Crippen molar-refractivity contribution in [1.29, 1.82) is 0 Å². The van der Waals surface area contributed by atoms with Crippen LogP contribution in [0.3, 0.4) is 0 Å². The van der Waals surface area contributed by atoms with Gasteiger partial charge in [0.1, 0.15) is 17.1 Å². The average Bonchev–Trinajstić information content (AvgIpc) is 2.40. The van der Waals surface area contributed by atoms with Crippen LogP contribution in [0.5, 0.6) is 11.5 Å². The van der Waals surface area contributed by atoms with Gasteiger partial charge in [-0.2, -0.15) is 0 Å². The van der Waals surface area contributed by atoms with E-state index in [1.165, 1.54) is 18.2 Å². The van der Waals surface area contributed by atoms with E-state index in [1.807, 2.05) is 6.92 Å². The molecule has 2 aromatic carbocycles. The van der Waals surface area contributed by atoms with Crippen molar-refractivity contribution in [3.8, 4) is 11.5 Å². The fourth-order valence-corrected chi connectivity index (χ4v) is 2.06. The zero-order valence-corrected chi connectivity index (χ0v) is 11.6. The summed E-state index contributed by atoms with van der Waals surface area (Å²) in [7, 11) is 0. The quantitative estimate of drug-likeness (QED) is 0.836. The molecule has 104 valence electrons. The molecule has 0 amide bonds. The van der Waals surface area contributed by atoms with E-state index in [0.29, 0.717) is 16.5 Å². The Balaban J connectivity index is 2.39. The maximum Gasteiger partial charge on any atom is 0.339 e. The van der Waals surface area contributed by atoms with Crippen molar-refractivity contribution in [1.82, 2.24) is 0 Å². The van der Waals surface area contributed by atoms with Crippen molar-refractivity contribution in [3.63, 3.8) is 0 Å². The highest BCUT2D eigenvalue weighted by Gasteiger charge is 2.13. The summed E-state index contributed by atoms with van der Waals surface area (Å²) < 4.78 is 5.63. The van der Waals surface area contributed by atoms with Gasteiger partial charge in [-0.25, -0.2) is 4.79 Å². The summed E-state index contributed by atoms with van der Waals surface area (Å²) in [5.41, 5.74) is 7.10. The highest BCUT2D eigenvalue weighted by atomic mass is 35.5. The topological polar surface area (TPSA) is 72.5 Å². The lowest BCUT2D eigenvalue weighted by molar-refractivity contribution is 0.0694. The average molecular weight is 292 g/mol. The van der Waals surface area contributed by atoms with Crippen molar-refractivity contribution < 1.29 is 14.6 Å². The lowest BCUT2D eigenvalue weighted by Crippen LogP contribution is -2.01. The normalized spacial score (nSPS) is 10.3. The number of hydrogen-bond donors (Lipinski definition) is 2. The molecular formula is C15H14ClNO3. The van der Waals surface area contributed by atoms with Crippen LogP contribution in [0.25, 0.3) is 0 Å². The van der Waals surface area contributed by atoms with Crippen LogP contribution in [0.4, 0.5) is 5.69 Å². The van der Waals surface area contributed by atoms with Crippen molar-refractivity contribution in [2.45, 2.75) is 13.3 Å². The second-order valence-electron chi connectivity index (χ2n) is 4.27. The number of carbonyl (C=O) groups is 1. The Morgan fingerprint density at radius 2 is 2.05 bits per heavy atom. The first-order valence-corrected chi connectivity index (χ1v) is 6.48. The Morgan fingerprint density at radius 3 is 2.70 bits per heavy atom. The summed E-state index contributed by atoms with van der Waals surface area (Å²) in [4.78, 5) is 11.2. The number of rotatable bonds is 4. The van der Waals surface area contributed by atoms with E-state index < -0.39 is 5.97 Å². The molecule has 0 unspecified atom stereocenters. The van der Waals surface area contributed by atoms with Crippen LogP contribution in [0, 0.1) is 0 Å². The smallest absolute Gasteiger partial charge is 0.339 e. The number of benzene rings is 2. The molecule has 0 aromatic heterocycles. The van der Waals surface area contributed by atoms with Crippen molar-refractivity contribution in [2.75, 3.05) is 5.73 Å². The number of ether oxygens (including phenoxy) is 1. The lowest BCUT2D eigenvalue weighted by atomic mass is 10.1. The molecule has 3 N–H and O–H groups in total. The highest BCUT2D eigenvalue weighted by Crippen LogP contribution is 2.30. The van der Waals surface area contributed by atoms with Gasteiger partial charge in [0.2, 0.25) is 0 Å². The molecule has 2 rings (SSSR count). The molecule has 20 heavy (non-hydrogen) atoms. The molecule has 0 aliphatic rings. The van der Waals surface area contributed by atoms with Gasteiger partial charge >= 0.3 is 5.97 Å². The van der Waals surface area contributed by atoms with E-state index in [-0.39, 0.29) is 11.3 Å². The molecule has 0 aliphatic heterocycles. The number of nitrogens with two attached hydrogens (primary N) is 1. The highest BCUT2D eigenvalue weighted by molar-refractivity contribution is 6.31. The second kappa shape index (κ2) is 5.84. The number of nitrogen functional groups attached to an aromatic ring is 1. The van der Waals surface area contributed by atoms with E-state index in [2.05, 4.69) is 0 Å². The molecule has 0 atom stereocenters. The Kier molecular flexibility index (Phi) is 4.15. The van der Waals surface area contributed by atoms with Crippen molar-refractivity contribution in [2.24, 2.45) is 0 Å². The van der Waals surface area contributed by atoms with Crippen LogP contribution < -0.4 is 10.5 Å². The SMILES string of the molecule is CCc1cc(Oc2cc(N)ccc2C(=O)O)ccc1Cl. The van der Waals surface area contributed by atoms with Gasteiger partial charge in [0.05, 0.1) is 0 Å². The van der Waals surface area contributed by atoms with Gasteiger partial charge in [-0.05, 0) is 42.3 Å². The number of aryl methyl sites for hydroxylation is 1. The molecule has 0 heterocycles. The molecule has 0 spiro atoms. The minimum Gasteiger partial charge on any atom is -0.478 e. The van der Waals surface area contributed by atoms with Gasteiger partial charge in [0.15, 0.2) is 0 Å². The summed E-state index contributed by atoms with van der Waals surface area (Å²) in [6, 6.07) is 9.64. The predicted molar refractivity (Wildman–Crippen MR) is 78.7 cm³/mol. The predicted octanol–water partition coefficient (Wildman–Crippen LogP) is 3.98. The molecule has 0 aliphatic carbocycles. The summed E-state index contributed by atoms with van der Waals surface area (Å²) in [5, 5.41) is 9.80. The minimum absolute atomic E-state index is 0.0622. The first-order valence-electron chi connectivity index (χ1n) is 6.10. The molecule has 0 fully saturated rings. The third kappa shape index (κ3) is 3.03. The van der Waals surface area contributed by atoms with E-state index >= 15 is 0 Å². The fourth-order valence-electron chi connectivity index (χ4n) is 1.81. The van der Waals surface area contributed by atoms with Gasteiger partial charge in [0, 0.05) is 16.8 Å². The van der Waals surface area contributed by atoms with Gasteiger partial charge < -0.3 is 15.6 Å². The molecular weight excluding hydrogens is 278 g/mol. The number of hydrogen-bond acceptors (Lipinski definition) is 3. The van der Waals surface area contributed by atoms with Crippen LogP contribution in [-0.2, 0) is 6.42 Å². The maximum atomic E-state index is 11.2. The van der Waals surface area contributed by atoms with Gasteiger partial charge in [-0.3, -0.25) is 0 Å². The number of carboxylic acids is 1. The zero-order chi connectivity index (χ0) is 14.7. The summed E-state index contributed by atoms with van der Waals surface area (Å²) in [5.74, 6) is -0.328. The molecule has 0 bridgehead atoms. The van der Waals surface area contributed by atoms with Crippen LogP contribution in [0.2, 0.25) is 5.02 Å². The van der Waals surface area contributed by atoms with Crippen LogP contribution in [-0.4, -0.2) is 11.1 Å². The summed E-state index contributed by atoms with van der Waals surface area (Å²) >= 11 is 6.04. The van der Waals surface area contributed by atoms with E-state index in [9.17, 15) is 4.79 Å².